The van der Waals surface area contributed by atoms with E-state index in [1.807, 2.05) is 12.1 Å². The fourth-order valence-corrected chi connectivity index (χ4v) is 2.83. The largest absolute Gasteiger partial charge is 0.493 e. The fraction of sp³-hybridized carbons (Fsp3) is 0.526. The van der Waals surface area contributed by atoms with E-state index in [1.165, 1.54) is 0 Å². The molecule has 28 heavy (non-hydrogen) atoms. The first-order valence-corrected chi connectivity index (χ1v) is 9.46. The Labute approximate surface area is 165 Å². The molecule has 0 bridgehead atoms. The minimum absolute atomic E-state index is 0.445. The summed E-state index contributed by atoms with van der Waals surface area (Å²) in [6.07, 6.45) is 2.28. The second-order valence-corrected chi connectivity index (χ2v) is 6.41. The van der Waals surface area contributed by atoms with Gasteiger partial charge in [-0.3, -0.25) is 0 Å². The molecule has 1 aliphatic carbocycles. The van der Waals surface area contributed by atoms with Crippen molar-refractivity contribution in [1.82, 2.24) is 15.0 Å². The van der Waals surface area contributed by atoms with Gasteiger partial charge in [0.2, 0.25) is 23.6 Å². The molecule has 1 aliphatic rings. The highest BCUT2D eigenvalue weighted by atomic mass is 16.5. The van der Waals surface area contributed by atoms with E-state index in [1.54, 1.807) is 21.3 Å². The van der Waals surface area contributed by atoms with E-state index >= 15 is 0 Å². The minimum atomic E-state index is 0.445. The average molecular weight is 388 g/mol. The van der Waals surface area contributed by atoms with Crippen molar-refractivity contribution in [2.75, 3.05) is 50.0 Å². The molecule has 9 heteroatoms. The van der Waals surface area contributed by atoms with Crippen LogP contribution in [0, 0.1) is 0 Å². The monoisotopic (exact) mass is 388 g/mol. The third-order valence-electron chi connectivity index (χ3n) is 4.50. The summed E-state index contributed by atoms with van der Waals surface area (Å²) in [5.41, 5.74) is 0.726. The van der Waals surface area contributed by atoms with Gasteiger partial charge in [0.1, 0.15) is 0 Å². The molecule has 1 saturated carbocycles. The predicted molar refractivity (Wildman–Crippen MR) is 109 cm³/mol. The van der Waals surface area contributed by atoms with Crippen LogP contribution in [-0.2, 0) is 0 Å². The van der Waals surface area contributed by atoms with E-state index in [0.717, 1.165) is 31.6 Å². The number of nitrogens with zero attached hydrogens (tertiary/aromatic N) is 4. The van der Waals surface area contributed by atoms with E-state index < -0.39 is 0 Å². The number of hydrogen-bond acceptors (Lipinski definition) is 9. The van der Waals surface area contributed by atoms with Crippen molar-refractivity contribution in [2.24, 2.45) is 0 Å². The maximum absolute atomic E-state index is 5.42. The Morgan fingerprint density at radius 3 is 2.04 bits per heavy atom. The number of nitrogens with one attached hydrogen (secondary N) is 2. The van der Waals surface area contributed by atoms with E-state index in [2.05, 4.69) is 44.3 Å². The Bertz CT molecular complexity index is 783. The molecule has 0 atom stereocenters. The van der Waals surface area contributed by atoms with Gasteiger partial charge in [-0.25, -0.2) is 0 Å². The molecule has 0 aliphatic heterocycles. The molecule has 0 saturated heterocycles. The van der Waals surface area contributed by atoms with Crippen molar-refractivity contribution in [3.05, 3.63) is 12.1 Å². The van der Waals surface area contributed by atoms with Crippen molar-refractivity contribution in [1.29, 1.82) is 0 Å². The molecule has 0 unspecified atom stereocenters. The lowest BCUT2D eigenvalue weighted by Crippen LogP contribution is -2.25. The first-order chi connectivity index (χ1) is 13.6. The molecule has 9 nitrogen and oxygen atoms in total. The first-order valence-electron chi connectivity index (χ1n) is 9.46. The number of anilines is 4. The zero-order valence-electron chi connectivity index (χ0n) is 17.1. The Morgan fingerprint density at radius 1 is 0.929 bits per heavy atom. The summed E-state index contributed by atoms with van der Waals surface area (Å²) in [6.45, 7) is 5.78. The van der Waals surface area contributed by atoms with Gasteiger partial charge in [-0.1, -0.05) is 0 Å². The van der Waals surface area contributed by atoms with Gasteiger partial charge in [-0.05, 0) is 26.7 Å². The highest BCUT2D eigenvalue weighted by Gasteiger charge is 2.23. The van der Waals surface area contributed by atoms with Crippen molar-refractivity contribution in [3.8, 4) is 17.2 Å². The summed E-state index contributed by atoms with van der Waals surface area (Å²) in [5, 5.41) is 6.59. The third-order valence-corrected chi connectivity index (χ3v) is 4.50. The topological polar surface area (TPSA) is 93.7 Å². The lowest BCUT2D eigenvalue weighted by atomic mass is 10.2. The quantitative estimate of drug-likeness (QED) is 0.637. The molecule has 1 heterocycles. The van der Waals surface area contributed by atoms with Crippen LogP contribution in [0.25, 0.3) is 0 Å². The fourth-order valence-electron chi connectivity index (χ4n) is 2.83. The standard InChI is InChI=1S/C19H28N6O3/c1-6-25(7-2)19-23-17(20-12-8-9-12)22-18(24-19)21-13-10-14(26-3)16(28-5)15(11-13)27-4/h10-12H,6-9H2,1-5H3,(H2,20,21,22,23,24). The lowest BCUT2D eigenvalue weighted by molar-refractivity contribution is 0.324. The molecule has 2 aromatic rings. The Kier molecular flexibility index (Phi) is 6.23. The number of aromatic nitrogens is 3. The van der Waals surface area contributed by atoms with Gasteiger partial charge in [0, 0.05) is 37.0 Å². The summed E-state index contributed by atoms with van der Waals surface area (Å²) in [7, 11) is 4.74. The number of rotatable bonds is 10. The Hall–Kier alpha value is -2.97. The summed E-state index contributed by atoms with van der Waals surface area (Å²) in [6, 6.07) is 4.08. The van der Waals surface area contributed by atoms with Crippen molar-refractivity contribution < 1.29 is 14.2 Å². The van der Waals surface area contributed by atoms with Crippen LogP contribution in [0.2, 0.25) is 0 Å². The highest BCUT2D eigenvalue weighted by molar-refractivity contribution is 5.66. The van der Waals surface area contributed by atoms with Crippen LogP contribution < -0.4 is 29.7 Å². The van der Waals surface area contributed by atoms with Crippen LogP contribution in [0.15, 0.2) is 12.1 Å². The number of hydrogen-bond donors (Lipinski definition) is 2. The van der Waals surface area contributed by atoms with Crippen molar-refractivity contribution in [2.45, 2.75) is 32.7 Å². The Morgan fingerprint density at radius 2 is 1.54 bits per heavy atom. The zero-order chi connectivity index (χ0) is 20.1. The molecule has 0 radical (unpaired) electrons. The number of benzene rings is 1. The van der Waals surface area contributed by atoms with Gasteiger partial charge in [0.15, 0.2) is 11.5 Å². The van der Waals surface area contributed by atoms with Gasteiger partial charge in [-0.15, -0.1) is 0 Å². The van der Waals surface area contributed by atoms with E-state index in [-0.39, 0.29) is 0 Å². The number of ether oxygens (including phenoxy) is 3. The van der Waals surface area contributed by atoms with Gasteiger partial charge in [0.05, 0.1) is 21.3 Å². The molecule has 0 spiro atoms. The van der Waals surface area contributed by atoms with Gasteiger partial charge >= 0.3 is 0 Å². The molecule has 1 aromatic heterocycles. The van der Waals surface area contributed by atoms with Crippen LogP contribution in [0.3, 0.4) is 0 Å². The molecule has 0 amide bonds. The lowest BCUT2D eigenvalue weighted by Gasteiger charge is -2.20. The summed E-state index contributed by atoms with van der Waals surface area (Å²) >= 11 is 0. The van der Waals surface area contributed by atoms with E-state index in [9.17, 15) is 0 Å². The molecule has 1 aromatic carbocycles. The van der Waals surface area contributed by atoms with Gasteiger partial charge in [0.25, 0.3) is 0 Å². The van der Waals surface area contributed by atoms with Gasteiger partial charge in [-0.2, -0.15) is 15.0 Å². The van der Waals surface area contributed by atoms with Crippen molar-refractivity contribution in [3.63, 3.8) is 0 Å². The molecule has 152 valence electrons. The average Bonchev–Trinajstić information content (AvgIpc) is 3.52. The van der Waals surface area contributed by atoms with Crippen LogP contribution in [-0.4, -0.2) is 55.4 Å². The second-order valence-electron chi connectivity index (χ2n) is 6.41. The van der Waals surface area contributed by atoms with Crippen LogP contribution in [0.1, 0.15) is 26.7 Å². The van der Waals surface area contributed by atoms with E-state index in [0.29, 0.717) is 41.1 Å². The van der Waals surface area contributed by atoms with E-state index in [4.69, 9.17) is 14.2 Å². The summed E-state index contributed by atoms with van der Waals surface area (Å²) in [4.78, 5) is 15.8. The molecule has 2 N–H and O–H groups in total. The Balaban J connectivity index is 1.95. The van der Waals surface area contributed by atoms with Crippen molar-refractivity contribution >= 4 is 23.5 Å². The minimum Gasteiger partial charge on any atom is -0.493 e. The first kappa shape index (κ1) is 19.8. The van der Waals surface area contributed by atoms with Crippen LogP contribution >= 0.6 is 0 Å². The number of methoxy groups -OCH3 is 3. The molecular formula is C19H28N6O3. The maximum Gasteiger partial charge on any atom is 0.233 e. The zero-order valence-corrected chi connectivity index (χ0v) is 17.1. The SMILES string of the molecule is CCN(CC)c1nc(Nc2cc(OC)c(OC)c(OC)c2)nc(NC2CC2)n1. The van der Waals surface area contributed by atoms with Gasteiger partial charge < -0.3 is 29.7 Å². The summed E-state index contributed by atoms with van der Waals surface area (Å²) < 4.78 is 16.2. The summed E-state index contributed by atoms with van der Waals surface area (Å²) in [5.74, 6) is 3.31. The molecule has 1 fully saturated rings. The normalized spacial score (nSPS) is 13.0. The third kappa shape index (κ3) is 4.47. The molecule has 3 rings (SSSR count). The highest BCUT2D eigenvalue weighted by Crippen LogP contribution is 2.40. The predicted octanol–water partition coefficient (Wildman–Crippen LogP) is 3.06. The molecular weight excluding hydrogens is 360 g/mol. The van der Waals surface area contributed by atoms with Crippen LogP contribution in [0.5, 0.6) is 17.2 Å². The second kappa shape index (κ2) is 8.81. The maximum atomic E-state index is 5.42. The smallest absolute Gasteiger partial charge is 0.233 e. The van der Waals surface area contributed by atoms with Crippen LogP contribution in [0.4, 0.5) is 23.5 Å².